The SMILES string of the molecule is CCOC(=O)Nc1sc(NC(=O)C(C)C)nc1-c1ccc(F)cc1. The number of thiazole rings is 1. The van der Waals surface area contributed by atoms with Crippen LogP contribution in [0.1, 0.15) is 20.8 Å². The van der Waals surface area contributed by atoms with Gasteiger partial charge in [-0.1, -0.05) is 25.2 Å². The van der Waals surface area contributed by atoms with E-state index in [0.717, 1.165) is 11.3 Å². The topological polar surface area (TPSA) is 80.3 Å². The third kappa shape index (κ3) is 4.51. The summed E-state index contributed by atoms with van der Waals surface area (Å²) in [6.07, 6.45) is -0.619. The first-order valence-electron chi connectivity index (χ1n) is 7.42. The molecular weight excluding hydrogens is 333 g/mol. The van der Waals surface area contributed by atoms with Crippen molar-refractivity contribution < 1.29 is 18.7 Å². The minimum absolute atomic E-state index is 0.183. The number of carbonyl (C=O) groups excluding carboxylic acids is 2. The highest BCUT2D eigenvalue weighted by molar-refractivity contribution is 7.20. The molecule has 0 bridgehead atoms. The van der Waals surface area contributed by atoms with Gasteiger partial charge in [0, 0.05) is 11.5 Å². The number of hydrogen-bond donors (Lipinski definition) is 2. The molecule has 2 N–H and O–H groups in total. The van der Waals surface area contributed by atoms with E-state index in [9.17, 15) is 14.0 Å². The van der Waals surface area contributed by atoms with Crippen LogP contribution < -0.4 is 10.6 Å². The standard InChI is InChI=1S/C16H18FN3O3S/c1-4-23-16(22)20-14-12(10-5-7-11(17)8-6-10)18-15(24-14)19-13(21)9(2)3/h5-9H,4H2,1-3H3,(H,20,22)(H,18,19,21). The van der Waals surface area contributed by atoms with E-state index >= 15 is 0 Å². The van der Waals surface area contributed by atoms with Gasteiger partial charge in [-0.05, 0) is 31.2 Å². The van der Waals surface area contributed by atoms with Crippen molar-refractivity contribution in [3.8, 4) is 11.3 Å². The van der Waals surface area contributed by atoms with Gasteiger partial charge in [-0.3, -0.25) is 10.1 Å². The van der Waals surface area contributed by atoms with Crippen LogP contribution in [0, 0.1) is 11.7 Å². The van der Waals surface area contributed by atoms with Gasteiger partial charge >= 0.3 is 6.09 Å². The summed E-state index contributed by atoms with van der Waals surface area (Å²) in [6, 6.07) is 5.70. The second-order valence-electron chi connectivity index (χ2n) is 5.19. The van der Waals surface area contributed by atoms with E-state index in [2.05, 4.69) is 15.6 Å². The molecule has 2 amide bonds. The summed E-state index contributed by atoms with van der Waals surface area (Å²) in [5.41, 5.74) is 1.05. The monoisotopic (exact) mass is 351 g/mol. The Hall–Kier alpha value is -2.48. The Bertz CT molecular complexity index is 729. The van der Waals surface area contributed by atoms with Crippen LogP contribution in [0.2, 0.25) is 0 Å². The maximum absolute atomic E-state index is 13.1. The summed E-state index contributed by atoms with van der Waals surface area (Å²) in [4.78, 5) is 27.9. The fraction of sp³-hybridized carbons (Fsp3) is 0.312. The van der Waals surface area contributed by atoms with E-state index in [-0.39, 0.29) is 24.2 Å². The number of ether oxygens (including phenoxy) is 1. The number of benzene rings is 1. The summed E-state index contributed by atoms with van der Waals surface area (Å²) < 4.78 is 18.0. The summed E-state index contributed by atoms with van der Waals surface area (Å²) >= 11 is 1.11. The smallest absolute Gasteiger partial charge is 0.412 e. The van der Waals surface area contributed by atoms with Crippen molar-refractivity contribution in [2.45, 2.75) is 20.8 Å². The van der Waals surface area contributed by atoms with E-state index in [1.807, 2.05) is 0 Å². The number of amides is 2. The van der Waals surface area contributed by atoms with Crippen LogP contribution in [-0.4, -0.2) is 23.6 Å². The Kier molecular flexibility index (Phi) is 5.86. The molecule has 0 aliphatic heterocycles. The zero-order valence-electron chi connectivity index (χ0n) is 13.6. The number of halogens is 1. The third-order valence-corrected chi connectivity index (χ3v) is 3.88. The molecule has 0 aliphatic carbocycles. The van der Waals surface area contributed by atoms with Crippen LogP contribution in [0.5, 0.6) is 0 Å². The second-order valence-corrected chi connectivity index (χ2v) is 6.19. The molecular formula is C16H18FN3O3S. The molecule has 2 rings (SSSR count). The van der Waals surface area contributed by atoms with Gasteiger partial charge in [0.1, 0.15) is 16.5 Å². The lowest BCUT2D eigenvalue weighted by atomic mass is 10.1. The van der Waals surface area contributed by atoms with Crippen molar-refractivity contribution in [3.05, 3.63) is 30.1 Å². The minimum Gasteiger partial charge on any atom is -0.450 e. The molecule has 0 saturated carbocycles. The number of nitrogens with one attached hydrogen (secondary N) is 2. The summed E-state index contributed by atoms with van der Waals surface area (Å²) in [6.45, 7) is 5.46. The molecule has 0 aliphatic rings. The Labute approximate surface area is 143 Å². The molecule has 8 heteroatoms. The number of aromatic nitrogens is 1. The first-order chi connectivity index (χ1) is 11.4. The average Bonchev–Trinajstić information content (AvgIpc) is 2.90. The first-order valence-corrected chi connectivity index (χ1v) is 8.23. The van der Waals surface area contributed by atoms with Crippen molar-refractivity contribution in [2.24, 2.45) is 5.92 Å². The van der Waals surface area contributed by atoms with Gasteiger partial charge in [0.25, 0.3) is 0 Å². The van der Waals surface area contributed by atoms with Crippen LogP contribution in [-0.2, 0) is 9.53 Å². The fourth-order valence-electron chi connectivity index (χ4n) is 1.77. The molecule has 0 radical (unpaired) electrons. The minimum atomic E-state index is -0.619. The summed E-state index contributed by atoms with van der Waals surface area (Å²) in [5, 5.41) is 6.05. The molecule has 24 heavy (non-hydrogen) atoms. The third-order valence-electron chi connectivity index (χ3n) is 2.99. The van der Waals surface area contributed by atoms with Crippen LogP contribution in [0.25, 0.3) is 11.3 Å². The fourth-order valence-corrected chi connectivity index (χ4v) is 2.65. The maximum atomic E-state index is 13.1. The molecule has 2 aromatic rings. The molecule has 0 saturated heterocycles. The molecule has 0 unspecified atom stereocenters. The molecule has 1 heterocycles. The van der Waals surface area contributed by atoms with Gasteiger partial charge in [0.2, 0.25) is 5.91 Å². The number of nitrogens with zero attached hydrogens (tertiary/aromatic N) is 1. The van der Waals surface area contributed by atoms with E-state index < -0.39 is 6.09 Å². The Morgan fingerprint density at radius 2 is 1.92 bits per heavy atom. The zero-order valence-corrected chi connectivity index (χ0v) is 14.4. The second kappa shape index (κ2) is 7.87. The number of carbonyl (C=O) groups is 2. The number of hydrogen-bond acceptors (Lipinski definition) is 5. The van der Waals surface area contributed by atoms with Gasteiger partial charge in [-0.2, -0.15) is 0 Å². The van der Waals surface area contributed by atoms with Crippen molar-refractivity contribution >= 4 is 33.5 Å². The highest BCUT2D eigenvalue weighted by Gasteiger charge is 2.18. The van der Waals surface area contributed by atoms with Gasteiger partial charge in [-0.25, -0.2) is 14.2 Å². The van der Waals surface area contributed by atoms with Gasteiger partial charge in [0.05, 0.1) is 6.61 Å². The predicted molar refractivity (Wildman–Crippen MR) is 91.6 cm³/mol. The largest absolute Gasteiger partial charge is 0.450 e. The Balaban J connectivity index is 2.34. The van der Waals surface area contributed by atoms with Crippen molar-refractivity contribution in [2.75, 3.05) is 17.2 Å². The van der Waals surface area contributed by atoms with E-state index in [1.54, 1.807) is 32.9 Å². The van der Waals surface area contributed by atoms with Crippen LogP contribution in [0.4, 0.5) is 19.3 Å². The van der Waals surface area contributed by atoms with Crippen LogP contribution in [0.3, 0.4) is 0 Å². The molecule has 6 nitrogen and oxygen atoms in total. The van der Waals surface area contributed by atoms with Crippen molar-refractivity contribution in [3.63, 3.8) is 0 Å². The average molecular weight is 351 g/mol. The van der Waals surface area contributed by atoms with Crippen molar-refractivity contribution in [1.82, 2.24) is 4.98 Å². The van der Waals surface area contributed by atoms with Gasteiger partial charge in [-0.15, -0.1) is 0 Å². The molecule has 0 spiro atoms. The zero-order chi connectivity index (χ0) is 17.7. The maximum Gasteiger partial charge on any atom is 0.412 e. The molecule has 128 valence electrons. The van der Waals surface area contributed by atoms with E-state index in [0.29, 0.717) is 21.4 Å². The number of rotatable bonds is 5. The Morgan fingerprint density at radius 3 is 2.50 bits per heavy atom. The molecule has 1 aromatic carbocycles. The molecule has 0 fully saturated rings. The quantitative estimate of drug-likeness (QED) is 0.849. The van der Waals surface area contributed by atoms with Crippen molar-refractivity contribution in [1.29, 1.82) is 0 Å². The lowest BCUT2D eigenvalue weighted by molar-refractivity contribution is -0.118. The lowest BCUT2D eigenvalue weighted by Crippen LogP contribution is -2.17. The highest BCUT2D eigenvalue weighted by atomic mass is 32.1. The predicted octanol–water partition coefficient (Wildman–Crippen LogP) is 4.11. The molecule has 0 atom stereocenters. The Morgan fingerprint density at radius 1 is 1.25 bits per heavy atom. The summed E-state index contributed by atoms with van der Waals surface area (Å²) in [5.74, 6) is -0.760. The number of anilines is 2. The highest BCUT2D eigenvalue weighted by Crippen LogP contribution is 2.36. The van der Waals surface area contributed by atoms with Gasteiger partial charge < -0.3 is 10.1 Å². The van der Waals surface area contributed by atoms with E-state index in [1.165, 1.54) is 12.1 Å². The summed E-state index contributed by atoms with van der Waals surface area (Å²) in [7, 11) is 0. The van der Waals surface area contributed by atoms with Gasteiger partial charge in [0.15, 0.2) is 5.13 Å². The molecule has 1 aromatic heterocycles. The lowest BCUT2D eigenvalue weighted by Gasteiger charge is -2.05. The van der Waals surface area contributed by atoms with Crippen LogP contribution in [0.15, 0.2) is 24.3 Å². The normalized spacial score (nSPS) is 10.5. The van der Waals surface area contributed by atoms with Crippen LogP contribution >= 0.6 is 11.3 Å². The van der Waals surface area contributed by atoms with E-state index in [4.69, 9.17) is 4.74 Å². The first kappa shape index (κ1) is 17.9.